The Morgan fingerprint density at radius 2 is 1.89 bits per heavy atom. The van der Waals surface area contributed by atoms with Crippen LogP contribution in [0.2, 0.25) is 0 Å². The molecule has 4 heterocycles. The van der Waals surface area contributed by atoms with Crippen molar-refractivity contribution in [3.63, 3.8) is 0 Å². The van der Waals surface area contributed by atoms with E-state index in [0.717, 1.165) is 11.3 Å². The average molecular weight is 625 g/mol. The number of hydrogen-bond acceptors (Lipinski definition) is 11. The number of nitrogens with zero attached hydrogens (tertiary/aromatic N) is 9. The Hall–Kier alpha value is -5.26. The highest BCUT2D eigenvalue weighted by molar-refractivity contribution is 6.01. The van der Waals surface area contributed by atoms with E-state index in [1.807, 2.05) is 30.9 Å². The first kappa shape index (κ1) is 32.1. The maximum atomic E-state index is 13.4. The van der Waals surface area contributed by atoms with E-state index in [0.29, 0.717) is 71.6 Å². The van der Waals surface area contributed by atoms with Crippen LogP contribution in [0.25, 0.3) is 22.8 Å². The lowest BCUT2D eigenvalue weighted by Gasteiger charge is -2.35. The van der Waals surface area contributed by atoms with Crippen molar-refractivity contribution in [3.8, 4) is 28.8 Å². The number of benzene rings is 1. The SMILES string of the molecule is CCN1C(=O)CN(CCCCC(=O)N(c2ccc(C#N)c(C)c2)C(CO)CO)c2ncc(-c3ccc(-c4ncn[nH]4)nc3C)nc21. The summed E-state index contributed by atoms with van der Waals surface area (Å²) in [6.45, 7) is 5.77. The van der Waals surface area contributed by atoms with E-state index in [1.165, 1.54) is 11.2 Å². The van der Waals surface area contributed by atoms with Gasteiger partial charge in [0.2, 0.25) is 11.8 Å². The number of H-pyrrole nitrogens is 1. The fraction of sp³-hybridized carbons (Fsp3) is 0.375. The molecule has 0 bridgehead atoms. The zero-order valence-electron chi connectivity index (χ0n) is 26.0. The number of hydrogen-bond donors (Lipinski definition) is 3. The number of carbonyl (C=O) groups excluding carboxylic acids is 2. The number of aliphatic hydroxyl groups excluding tert-OH is 2. The second-order valence-electron chi connectivity index (χ2n) is 11.0. The fourth-order valence-corrected chi connectivity index (χ4v) is 5.55. The van der Waals surface area contributed by atoms with Crippen LogP contribution in [0.1, 0.15) is 43.0 Å². The second kappa shape index (κ2) is 14.2. The quantitative estimate of drug-likeness (QED) is 0.197. The number of aromatic nitrogens is 6. The number of amides is 2. The number of rotatable bonds is 12. The van der Waals surface area contributed by atoms with E-state index in [-0.39, 0.29) is 24.8 Å². The topological polar surface area (TPSA) is 188 Å². The van der Waals surface area contributed by atoms with E-state index in [4.69, 9.17) is 9.97 Å². The minimum atomic E-state index is -0.812. The molecular weight excluding hydrogens is 588 g/mol. The Labute approximate surface area is 266 Å². The maximum Gasteiger partial charge on any atom is 0.247 e. The molecule has 1 aliphatic heterocycles. The molecule has 0 radical (unpaired) electrons. The second-order valence-corrected chi connectivity index (χ2v) is 11.0. The van der Waals surface area contributed by atoms with E-state index < -0.39 is 19.3 Å². The van der Waals surface area contributed by atoms with Crippen LogP contribution in [0, 0.1) is 25.2 Å². The number of aromatic amines is 1. The first-order chi connectivity index (χ1) is 22.3. The molecule has 0 saturated carbocycles. The van der Waals surface area contributed by atoms with E-state index >= 15 is 0 Å². The summed E-state index contributed by atoms with van der Waals surface area (Å²) in [6.07, 6.45) is 4.35. The average Bonchev–Trinajstić information content (AvgIpc) is 3.60. The van der Waals surface area contributed by atoms with Crippen molar-refractivity contribution >= 4 is 29.1 Å². The number of anilines is 3. The highest BCUT2D eigenvalue weighted by Gasteiger charge is 2.31. The monoisotopic (exact) mass is 624 g/mol. The van der Waals surface area contributed by atoms with Crippen LogP contribution in [0.5, 0.6) is 0 Å². The van der Waals surface area contributed by atoms with Gasteiger partial charge >= 0.3 is 0 Å². The number of nitriles is 1. The Morgan fingerprint density at radius 1 is 1.09 bits per heavy atom. The van der Waals surface area contributed by atoms with Gasteiger partial charge in [-0.15, -0.1) is 0 Å². The van der Waals surface area contributed by atoms with Crippen molar-refractivity contribution in [1.82, 2.24) is 30.1 Å². The molecule has 3 aromatic heterocycles. The number of fused-ring (bicyclic) bond motifs is 1. The van der Waals surface area contributed by atoms with Crippen molar-refractivity contribution in [2.75, 3.05) is 47.5 Å². The molecule has 3 N–H and O–H groups in total. The summed E-state index contributed by atoms with van der Waals surface area (Å²) in [6, 6.07) is 10.00. The lowest BCUT2D eigenvalue weighted by molar-refractivity contribution is -0.120. The maximum absolute atomic E-state index is 13.4. The van der Waals surface area contributed by atoms with Crippen molar-refractivity contribution in [1.29, 1.82) is 5.26 Å². The first-order valence-corrected chi connectivity index (χ1v) is 15.1. The fourth-order valence-electron chi connectivity index (χ4n) is 5.55. The molecule has 1 aromatic carbocycles. The molecule has 14 nitrogen and oxygen atoms in total. The number of nitrogens with one attached hydrogen (secondary N) is 1. The molecule has 0 spiro atoms. The summed E-state index contributed by atoms with van der Waals surface area (Å²) in [5.74, 6) is 1.28. The molecule has 46 heavy (non-hydrogen) atoms. The Kier molecular flexibility index (Phi) is 9.94. The zero-order valence-corrected chi connectivity index (χ0v) is 26.0. The van der Waals surface area contributed by atoms with Gasteiger partial charge in [0.25, 0.3) is 0 Å². The molecule has 4 aromatic rings. The smallest absolute Gasteiger partial charge is 0.247 e. The van der Waals surface area contributed by atoms with Crippen LogP contribution in [-0.2, 0) is 9.59 Å². The molecule has 5 rings (SSSR count). The summed E-state index contributed by atoms with van der Waals surface area (Å²) < 4.78 is 0. The molecule has 2 amide bonds. The van der Waals surface area contributed by atoms with Crippen LogP contribution in [0.3, 0.4) is 0 Å². The molecule has 0 aliphatic carbocycles. The highest BCUT2D eigenvalue weighted by Crippen LogP contribution is 2.33. The lowest BCUT2D eigenvalue weighted by atomic mass is 10.1. The predicted molar refractivity (Wildman–Crippen MR) is 171 cm³/mol. The van der Waals surface area contributed by atoms with Crippen molar-refractivity contribution < 1.29 is 19.8 Å². The van der Waals surface area contributed by atoms with Crippen molar-refractivity contribution in [2.24, 2.45) is 0 Å². The molecule has 14 heteroatoms. The number of aliphatic hydroxyl groups is 2. The highest BCUT2D eigenvalue weighted by atomic mass is 16.3. The summed E-state index contributed by atoms with van der Waals surface area (Å²) in [7, 11) is 0. The molecule has 1 aliphatic rings. The van der Waals surface area contributed by atoms with Crippen LogP contribution < -0.4 is 14.7 Å². The van der Waals surface area contributed by atoms with Gasteiger partial charge in [-0.25, -0.2) is 19.9 Å². The van der Waals surface area contributed by atoms with Gasteiger partial charge in [-0.05, 0) is 69.5 Å². The molecule has 0 saturated heterocycles. The third-order valence-corrected chi connectivity index (χ3v) is 7.99. The van der Waals surface area contributed by atoms with Gasteiger partial charge in [-0.3, -0.25) is 19.6 Å². The first-order valence-electron chi connectivity index (χ1n) is 15.1. The Morgan fingerprint density at radius 3 is 2.54 bits per heavy atom. The van der Waals surface area contributed by atoms with Crippen LogP contribution in [0.15, 0.2) is 42.9 Å². The molecule has 0 atom stereocenters. The summed E-state index contributed by atoms with van der Waals surface area (Å²) >= 11 is 0. The van der Waals surface area contributed by atoms with Crippen LogP contribution in [-0.4, -0.2) is 91.1 Å². The van der Waals surface area contributed by atoms with E-state index in [9.17, 15) is 25.1 Å². The zero-order chi connectivity index (χ0) is 32.8. The third kappa shape index (κ3) is 6.56. The number of pyridine rings is 1. The van der Waals surface area contributed by atoms with Gasteiger partial charge in [0, 0.05) is 36.5 Å². The Bertz CT molecular complexity index is 1750. The minimum absolute atomic E-state index is 0.0934. The molecule has 0 unspecified atom stereocenters. The minimum Gasteiger partial charge on any atom is -0.394 e. The molecule has 0 fully saturated rings. The number of unbranched alkanes of at least 4 members (excludes halogenated alkanes) is 1. The largest absolute Gasteiger partial charge is 0.394 e. The standard InChI is InChI=1S/C32H36N10O4/c1-4-41-29(46)16-40(12-6-5-7-28(45)42(24(17-43)18-44)23-9-8-22(14-33)20(2)13-23)31-32(41)38-27(15-34-31)25-10-11-26(37-21(25)3)30-35-19-36-39-30/h8-11,13,15,19,24,43-44H,4-7,12,16-18H2,1-3H3,(H,35,36,39). The van der Waals surface area contributed by atoms with Gasteiger partial charge in [-0.2, -0.15) is 10.4 Å². The van der Waals surface area contributed by atoms with Crippen LogP contribution in [0.4, 0.5) is 17.3 Å². The van der Waals surface area contributed by atoms with Gasteiger partial charge < -0.3 is 20.0 Å². The van der Waals surface area contributed by atoms with Crippen molar-refractivity contribution in [3.05, 3.63) is 59.7 Å². The normalized spacial score (nSPS) is 12.8. The third-order valence-electron chi connectivity index (χ3n) is 7.99. The number of carbonyl (C=O) groups is 2. The summed E-state index contributed by atoms with van der Waals surface area (Å²) in [4.78, 5) is 49.8. The summed E-state index contributed by atoms with van der Waals surface area (Å²) in [5.41, 5.74) is 4.44. The Balaban J connectivity index is 1.30. The van der Waals surface area contributed by atoms with Crippen LogP contribution >= 0.6 is 0 Å². The number of aryl methyl sites for hydroxylation is 2. The lowest BCUT2D eigenvalue weighted by Crippen LogP contribution is -2.47. The molecule has 238 valence electrons. The van der Waals surface area contributed by atoms with Gasteiger partial charge in [0.15, 0.2) is 17.5 Å². The van der Waals surface area contributed by atoms with Gasteiger partial charge in [0.1, 0.15) is 12.0 Å². The van der Waals surface area contributed by atoms with Crippen molar-refractivity contribution in [2.45, 2.75) is 46.1 Å². The molecular formula is C32H36N10O4. The predicted octanol–water partition coefficient (Wildman–Crippen LogP) is 2.54. The van der Waals surface area contributed by atoms with Gasteiger partial charge in [0.05, 0.1) is 49.3 Å². The van der Waals surface area contributed by atoms with E-state index in [2.05, 4.69) is 26.2 Å². The summed E-state index contributed by atoms with van der Waals surface area (Å²) in [5, 5.41) is 35.7. The van der Waals surface area contributed by atoms with E-state index in [1.54, 1.807) is 36.2 Å². The number of likely N-dealkylation sites (N-methyl/N-ethyl adjacent to an activating group) is 1. The van der Waals surface area contributed by atoms with Gasteiger partial charge in [-0.1, -0.05) is 0 Å².